The van der Waals surface area contributed by atoms with Crippen LogP contribution in [-0.4, -0.2) is 6.61 Å². The molecule has 0 heterocycles. The first-order valence-corrected chi connectivity index (χ1v) is 10.4. The Balaban J connectivity index is 5.20. The maximum absolute atomic E-state index is 5.77. The van der Waals surface area contributed by atoms with Gasteiger partial charge in [-0.05, 0) is 93.0 Å². The van der Waals surface area contributed by atoms with Gasteiger partial charge in [0.15, 0.2) is 0 Å². The molecule has 0 saturated heterocycles. The summed E-state index contributed by atoms with van der Waals surface area (Å²) in [7, 11) is 0. The molecule has 0 radical (unpaired) electrons. The number of halogens is 1. The van der Waals surface area contributed by atoms with Crippen LogP contribution in [0.1, 0.15) is 66.7 Å². The molecule has 0 spiro atoms. The summed E-state index contributed by atoms with van der Waals surface area (Å²) in [6.07, 6.45) is 9.01. The van der Waals surface area contributed by atoms with Crippen LogP contribution in [0, 0.1) is 0 Å². The van der Waals surface area contributed by atoms with Gasteiger partial charge in [0, 0.05) is 0 Å². The molecule has 0 rings (SSSR count). The third kappa shape index (κ3) is 11.0. The summed E-state index contributed by atoms with van der Waals surface area (Å²) in [5, 5.41) is 0. The third-order valence-corrected chi connectivity index (χ3v) is 5.16. The van der Waals surface area contributed by atoms with Crippen molar-refractivity contribution in [2.45, 2.75) is 66.7 Å². The molecular weight excluding hydrogens is 396 g/mol. The molecule has 0 fully saturated rings. The van der Waals surface area contributed by atoms with Crippen LogP contribution in [0.4, 0.5) is 0 Å². The van der Waals surface area contributed by atoms with Crippen LogP contribution in [0.25, 0.3) is 0 Å². The normalized spacial score (nSPS) is 13.1. The van der Waals surface area contributed by atoms with Crippen LogP contribution in [-0.2, 0) is 4.74 Å². The van der Waals surface area contributed by atoms with E-state index < -0.39 is 0 Å². The zero-order chi connectivity index (χ0) is 21.0. The fourth-order valence-corrected chi connectivity index (χ4v) is 2.91. The van der Waals surface area contributed by atoms with Crippen molar-refractivity contribution in [1.29, 1.82) is 0 Å². The molecule has 0 unspecified atom stereocenters. The monoisotopic (exact) mass is 432 g/mol. The Labute approximate surface area is 176 Å². The molecule has 2 heteroatoms. The van der Waals surface area contributed by atoms with E-state index in [0.29, 0.717) is 12.4 Å². The Morgan fingerprint density at radius 1 is 1.04 bits per heavy atom. The lowest BCUT2D eigenvalue weighted by molar-refractivity contribution is 0.221. The fraction of sp³-hybridized carbons (Fsp3) is 0.440. The summed E-state index contributed by atoms with van der Waals surface area (Å²) in [5.74, 6) is 0.650. The lowest BCUT2D eigenvalue weighted by atomic mass is 9.93. The molecular formula is C25H37BrO. The fourth-order valence-electron chi connectivity index (χ4n) is 2.52. The van der Waals surface area contributed by atoms with E-state index in [2.05, 4.69) is 75.2 Å². The average molecular weight is 433 g/mol. The van der Waals surface area contributed by atoms with E-state index in [1.807, 2.05) is 13.8 Å². The molecule has 0 aromatic heterocycles. The van der Waals surface area contributed by atoms with Crippen molar-refractivity contribution in [1.82, 2.24) is 0 Å². The molecule has 0 aliphatic rings. The summed E-state index contributed by atoms with van der Waals surface area (Å²) >= 11 is 3.62. The number of hydrogen-bond donors (Lipinski definition) is 0. The summed E-state index contributed by atoms with van der Waals surface area (Å²) in [4.78, 5) is 0. The van der Waals surface area contributed by atoms with Gasteiger partial charge in [0.1, 0.15) is 5.76 Å². The number of allylic oxidation sites excluding steroid dienone is 9. The highest BCUT2D eigenvalue weighted by atomic mass is 79.9. The Kier molecular flexibility index (Phi) is 12.8. The summed E-state index contributed by atoms with van der Waals surface area (Å²) in [6.45, 7) is 27.4. The predicted octanol–water partition coefficient (Wildman–Crippen LogP) is 8.74. The third-order valence-electron chi connectivity index (χ3n) is 4.49. The van der Waals surface area contributed by atoms with Crippen molar-refractivity contribution in [3.05, 3.63) is 82.1 Å². The first kappa shape index (κ1) is 25.5. The van der Waals surface area contributed by atoms with Crippen molar-refractivity contribution in [2.24, 2.45) is 0 Å². The lowest BCUT2D eigenvalue weighted by Crippen LogP contribution is -1.97. The number of rotatable bonds is 13. The van der Waals surface area contributed by atoms with E-state index in [9.17, 15) is 0 Å². The van der Waals surface area contributed by atoms with Crippen LogP contribution in [0.15, 0.2) is 82.1 Å². The van der Waals surface area contributed by atoms with Crippen LogP contribution in [0.3, 0.4) is 0 Å². The zero-order valence-corrected chi connectivity index (χ0v) is 19.6. The Hall–Kier alpha value is -1.54. The largest absolute Gasteiger partial charge is 0.493 e. The molecule has 150 valence electrons. The van der Waals surface area contributed by atoms with Crippen molar-refractivity contribution in [3.63, 3.8) is 0 Å². The van der Waals surface area contributed by atoms with Gasteiger partial charge >= 0.3 is 0 Å². The van der Waals surface area contributed by atoms with Gasteiger partial charge < -0.3 is 4.74 Å². The molecule has 0 amide bonds. The van der Waals surface area contributed by atoms with Gasteiger partial charge in [-0.1, -0.05) is 55.0 Å². The van der Waals surface area contributed by atoms with Crippen molar-refractivity contribution in [3.8, 4) is 0 Å². The molecule has 0 saturated carbocycles. The van der Waals surface area contributed by atoms with E-state index in [4.69, 9.17) is 4.74 Å². The standard InChI is InChI=1S/C25H37BrO/c1-10-23(11-2)15-20(7)16-24(21(8)19(5)6)17-25(26)22(9)27-14-12-13-18(3)4/h10,17H,3,5,7,9,11-16H2,1-2,4,6,8H3. The number of hydrogen-bond acceptors (Lipinski definition) is 1. The topological polar surface area (TPSA) is 9.23 Å². The van der Waals surface area contributed by atoms with Gasteiger partial charge in [-0.2, -0.15) is 0 Å². The van der Waals surface area contributed by atoms with Gasteiger partial charge in [0.25, 0.3) is 0 Å². The maximum atomic E-state index is 5.77. The Morgan fingerprint density at radius 3 is 2.15 bits per heavy atom. The molecule has 1 nitrogen and oxygen atoms in total. The van der Waals surface area contributed by atoms with Gasteiger partial charge in [-0.15, -0.1) is 6.58 Å². The first-order valence-electron chi connectivity index (χ1n) is 9.62. The Bertz CT molecular complexity index is 656. The minimum absolute atomic E-state index is 0.640. The van der Waals surface area contributed by atoms with Crippen LogP contribution in [0.2, 0.25) is 0 Å². The van der Waals surface area contributed by atoms with E-state index in [1.54, 1.807) is 0 Å². The minimum Gasteiger partial charge on any atom is -0.493 e. The second-order valence-electron chi connectivity index (χ2n) is 7.16. The minimum atomic E-state index is 0.640. The predicted molar refractivity (Wildman–Crippen MR) is 126 cm³/mol. The molecule has 0 aliphatic carbocycles. The van der Waals surface area contributed by atoms with Gasteiger partial charge in [0.05, 0.1) is 11.1 Å². The van der Waals surface area contributed by atoms with Crippen molar-refractivity contribution < 1.29 is 4.74 Å². The molecule has 0 atom stereocenters. The van der Waals surface area contributed by atoms with Gasteiger partial charge in [-0.3, -0.25) is 0 Å². The first-order chi connectivity index (χ1) is 12.6. The molecule has 0 N–H and O–H groups in total. The maximum Gasteiger partial charge on any atom is 0.126 e. The highest BCUT2D eigenvalue weighted by Crippen LogP contribution is 2.28. The van der Waals surface area contributed by atoms with Crippen molar-refractivity contribution in [2.75, 3.05) is 6.61 Å². The molecule has 0 bridgehead atoms. The quantitative estimate of drug-likeness (QED) is 0.122. The Morgan fingerprint density at radius 2 is 1.67 bits per heavy atom. The number of ether oxygens (including phenoxy) is 1. The highest BCUT2D eigenvalue weighted by molar-refractivity contribution is 9.11. The van der Waals surface area contributed by atoms with E-state index in [0.717, 1.165) is 42.2 Å². The SMILES string of the molecule is C=C(C)CCCOC(=C)C(Br)=CC(CC(=C)CC(=CC)CC)=C(C)C(=C)C. The summed E-state index contributed by atoms with van der Waals surface area (Å²) in [6, 6.07) is 0. The highest BCUT2D eigenvalue weighted by Gasteiger charge is 2.09. The lowest BCUT2D eigenvalue weighted by Gasteiger charge is -2.14. The average Bonchev–Trinajstić information content (AvgIpc) is 2.61. The molecule has 27 heavy (non-hydrogen) atoms. The van der Waals surface area contributed by atoms with E-state index in [-0.39, 0.29) is 0 Å². The van der Waals surface area contributed by atoms with Crippen LogP contribution in [0.5, 0.6) is 0 Å². The van der Waals surface area contributed by atoms with E-state index >= 15 is 0 Å². The van der Waals surface area contributed by atoms with E-state index in [1.165, 1.54) is 27.9 Å². The zero-order valence-electron chi connectivity index (χ0n) is 18.0. The molecule has 0 aliphatic heterocycles. The summed E-state index contributed by atoms with van der Waals surface area (Å²) < 4.78 is 6.64. The van der Waals surface area contributed by atoms with Crippen LogP contribution < -0.4 is 0 Å². The van der Waals surface area contributed by atoms with Crippen LogP contribution >= 0.6 is 15.9 Å². The summed E-state index contributed by atoms with van der Waals surface area (Å²) in [5.41, 5.74) is 7.22. The van der Waals surface area contributed by atoms with Crippen molar-refractivity contribution >= 4 is 15.9 Å². The second kappa shape index (κ2) is 13.6. The smallest absolute Gasteiger partial charge is 0.126 e. The van der Waals surface area contributed by atoms with Gasteiger partial charge in [-0.25, -0.2) is 0 Å². The second-order valence-corrected chi connectivity index (χ2v) is 8.01. The van der Waals surface area contributed by atoms with Gasteiger partial charge in [0.2, 0.25) is 0 Å². The molecule has 0 aromatic carbocycles. The molecule has 0 aromatic rings.